The van der Waals surface area contributed by atoms with Crippen molar-refractivity contribution in [3.05, 3.63) is 31.4 Å². The van der Waals surface area contributed by atoms with Gasteiger partial charge in [0, 0.05) is 6.04 Å². The molecular formula is C6H7N. The predicted molar refractivity (Wildman–Crippen MR) is 29.5 cm³/mol. The second-order valence-electron chi connectivity index (χ2n) is 1.44. The van der Waals surface area contributed by atoms with E-state index in [-0.39, 0.29) is 6.04 Å². The average Bonchev–Trinajstić information content (AvgIpc) is 1.69. The zero-order valence-corrected chi connectivity index (χ0v) is 3.96. The van der Waals surface area contributed by atoms with Crippen LogP contribution in [0.5, 0.6) is 0 Å². The molecule has 1 aliphatic heterocycles. The van der Waals surface area contributed by atoms with Crippen molar-refractivity contribution in [2.45, 2.75) is 6.04 Å². The van der Waals surface area contributed by atoms with E-state index in [4.69, 9.17) is 6.92 Å². The molecule has 1 unspecified atom stereocenters. The van der Waals surface area contributed by atoms with Gasteiger partial charge in [-0.15, -0.1) is 0 Å². The van der Waals surface area contributed by atoms with Crippen LogP contribution in [0, 0.1) is 6.92 Å². The largest absolute Gasteiger partial charge is 0.384 e. The summed E-state index contributed by atoms with van der Waals surface area (Å²) in [6, 6.07) is 0.0185. The lowest BCUT2D eigenvalue weighted by atomic mass is 10.2. The topological polar surface area (TPSA) is 12.0 Å². The van der Waals surface area contributed by atoms with E-state index in [2.05, 4.69) is 5.32 Å². The molecule has 0 aromatic heterocycles. The predicted octanol–water partition coefficient (Wildman–Crippen LogP) is 0.739. The van der Waals surface area contributed by atoms with Crippen LogP contribution < -0.4 is 5.32 Å². The first-order valence-corrected chi connectivity index (χ1v) is 2.24. The molecule has 0 amide bonds. The fourth-order valence-corrected chi connectivity index (χ4v) is 0.462. The zero-order valence-electron chi connectivity index (χ0n) is 3.96. The van der Waals surface area contributed by atoms with Gasteiger partial charge in [-0.05, 0) is 19.2 Å². The Labute approximate surface area is 43.7 Å². The van der Waals surface area contributed by atoms with Gasteiger partial charge in [0.05, 0.1) is 0 Å². The van der Waals surface area contributed by atoms with Gasteiger partial charge in [-0.2, -0.15) is 0 Å². The Bertz CT molecular complexity index is 103. The summed E-state index contributed by atoms with van der Waals surface area (Å²) >= 11 is 0. The Morgan fingerprint density at radius 3 is 2.57 bits per heavy atom. The Morgan fingerprint density at radius 2 is 2.29 bits per heavy atom. The Kier molecular flexibility index (Phi) is 1.16. The number of hydrogen-bond donors (Lipinski definition) is 1. The summed E-state index contributed by atoms with van der Waals surface area (Å²) in [5, 5.41) is 2.89. The molecular weight excluding hydrogens is 86.1 g/mol. The maximum Gasteiger partial charge on any atom is 0.0477 e. The highest BCUT2D eigenvalue weighted by atomic mass is 14.9. The number of allylic oxidation sites excluding steroid dienone is 2. The van der Waals surface area contributed by atoms with Crippen molar-refractivity contribution in [3.8, 4) is 0 Å². The summed E-state index contributed by atoms with van der Waals surface area (Å²) in [4.78, 5) is 0. The van der Waals surface area contributed by atoms with Gasteiger partial charge in [0.15, 0.2) is 0 Å². The van der Waals surface area contributed by atoms with E-state index in [1.165, 1.54) is 0 Å². The molecule has 1 atom stereocenters. The number of rotatable bonds is 0. The third-order valence-electron chi connectivity index (χ3n) is 0.814. The molecule has 7 heavy (non-hydrogen) atoms. The highest BCUT2D eigenvalue weighted by molar-refractivity contribution is 5.12. The molecule has 2 radical (unpaired) electrons. The van der Waals surface area contributed by atoms with Crippen molar-refractivity contribution >= 4 is 0 Å². The molecule has 1 N–H and O–H groups in total. The fraction of sp³-hybridized carbons (Fsp3) is 0.167. The SMILES string of the molecule is [CH]C1C=CC=CN1. The van der Waals surface area contributed by atoms with Crippen molar-refractivity contribution in [1.82, 2.24) is 5.32 Å². The molecule has 0 aliphatic carbocycles. The standard InChI is InChI=1S/C6H7N/c1-6-4-2-3-5-7-6/h1-7H. The molecule has 1 heterocycles. The minimum Gasteiger partial charge on any atom is -0.384 e. The molecule has 0 spiro atoms. The van der Waals surface area contributed by atoms with Gasteiger partial charge in [0.2, 0.25) is 0 Å². The number of hydrogen-bond acceptors (Lipinski definition) is 1. The highest BCUT2D eigenvalue weighted by Crippen LogP contribution is 1.89. The van der Waals surface area contributed by atoms with E-state index in [0.29, 0.717) is 0 Å². The lowest BCUT2D eigenvalue weighted by Crippen LogP contribution is -2.19. The van der Waals surface area contributed by atoms with Crippen LogP contribution in [0.4, 0.5) is 0 Å². The maximum atomic E-state index is 5.39. The second-order valence-corrected chi connectivity index (χ2v) is 1.44. The van der Waals surface area contributed by atoms with Crippen LogP contribution in [0.1, 0.15) is 0 Å². The lowest BCUT2D eigenvalue weighted by Gasteiger charge is -2.06. The third kappa shape index (κ3) is 1.07. The van der Waals surface area contributed by atoms with E-state index in [1.54, 1.807) is 0 Å². The minimum absolute atomic E-state index is 0.0185. The van der Waals surface area contributed by atoms with Crippen molar-refractivity contribution in [3.63, 3.8) is 0 Å². The second kappa shape index (κ2) is 1.82. The molecule has 0 aromatic carbocycles. The zero-order chi connectivity index (χ0) is 5.11. The highest BCUT2D eigenvalue weighted by Gasteiger charge is 1.90. The van der Waals surface area contributed by atoms with Gasteiger partial charge in [-0.1, -0.05) is 12.2 Å². The fourth-order valence-electron chi connectivity index (χ4n) is 0.462. The van der Waals surface area contributed by atoms with Crippen LogP contribution in [0.2, 0.25) is 0 Å². The van der Waals surface area contributed by atoms with Gasteiger partial charge >= 0.3 is 0 Å². The van der Waals surface area contributed by atoms with Gasteiger partial charge in [0.1, 0.15) is 0 Å². The van der Waals surface area contributed by atoms with E-state index in [0.717, 1.165) is 0 Å². The first-order chi connectivity index (χ1) is 3.39. The van der Waals surface area contributed by atoms with Gasteiger partial charge in [-0.3, -0.25) is 0 Å². The lowest BCUT2D eigenvalue weighted by molar-refractivity contribution is 0.826. The van der Waals surface area contributed by atoms with Crippen LogP contribution in [-0.4, -0.2) is 6.04 Å². The maximum absolute atomic E-state index is 5.39. The first-order valence-electron chi connectivity index (χ1n) is 2.24. The van der Waals surface area contributed by atoms with E-state index >= 15 is 0 Å². The third-order valence-corrected chi connectivity index (χ3v) is 0.814. The van der Waals surface area contributed by atoms with Crippen molar-refractivity contribution in [2.24, 2.45) is 0 Å². The summed E-state index contributed by atoms with van der Waals surface area (Å²) in [5.41, 5.74) is 0. The van der Waals surface area contributed by atoms with Gasteiger partial charge < -0.3 is 5.32 Å². The molecule has 0 saturated heterocycles. The van der Waals surface area contributed by atoms with Gasteiger partial charge in [-0.25, -0.2) is 0 Å². The van der Waals surface area contributed by atoms with Crippen molar-refractivity contribution < 1.29 is 0 Å². The van der Waals surface area contributed by atoms with E-state index in [1.807, 2.05) is 24.4 Å². The number of nitrogens with one attached hydrogen (secondary N) is 1. The molecule has 36 valence electrons. The Balaban J connectivity index is 2.49. The molecule has 0 saturated carbocycles. The van der Waals surface area contributed by atoms with Crippen LogP contribution in [0.25, 0.3) is 0 Å². The monoisotopic (exact) mass is 93.1 g/mol. The quantitative estimate of drug-likeness (QED) is 0.465. The summed E-state index contributed by atoms with van der Waals surface area (Å²) in [6.07, 6.45) is 7.54. The molecule has 1 heteroatoms. The first kappa shape index (κ1) is 4.44. The van der Waals surface area contributed by atoms with Crippen LogP contribution >= 0.6 is 0 Å². The van der Waals surface area contributed by atoms with E-state index in [9.17, 15) is 0 Å². The molecule has 0 bridgehead atoms. The normalized spacial score (nSPS) is 27.3. The summed E-state index contributed by atoms with van der Waals surface area (Å²) in [6.45, 7) is 5.39. The van der Waals surface area contributed by atoms with Crippen molar-refractivity contribution in [1.29, 1.82) is 0 Å². The van der Waals surface area contributed by atoms with E-state index < -0.39 is 0 Å². The number of dihydropyridines is 1. The molecule has 0 fully saturated rings. The minimum atomic E-state index is 0.0185. The summed E-state index contributed by atoms with van der Waals surface area (Å²) in [7, 11) is 0. The smallest absolute Gasteiger partial charge is 0.0477 e. The molecule has 1 aliphatic rings. The summed E-state index contributed by atoms with van der Waals surface area (Å²) < 4.78 is 0. The molecule has 1 nitrogen and oxygen atoms in total. The summed E-state index contributed by atoms with van der Waals surface area (Å²) in [5.74, 6) is 0. The van der Waals surface area contributed by atoms with Crippen LogP contribution in [0.15, 0.2) is 24.4 Å². The Hall–Kier alpha value is -0.720. The van der Waals surface area contributed by atoms with Gasteiger partial charge in [0.25, 0.3) is 0 Å². The van der Waals surface area contributed by atoms with Crippen LogP contribution in [0.3, 0.4) is 0 Å². The molecule has 1 rings (SSSR count). The van der Waals surface area contributed by atoms with Crippen molar-refractivity contribution in [2.75, 3.05) is 0 Å². The Morgan fingerprint density at radius 1 is 1.43 bits per heavy atom. The molecule has 0 aromatic rings. The van der Waals surface area contributed by atoms with Crippen LogP contribution in [-0.2, 0) is 0 Å². The average molecular weight is 93.1 g/mol.